The summed E-state index contributed by atoms with van der Waals surface area (Å²) in [5, 5.41) is 0.401. The van der Waals surface area contributed by atoms with Gasteiger partial charge in [0.1, 0.15) is 15.5 Å². The fourth-order valence-electron chi connectivity index (χ4n) is 2.85. The Morgan fingerprint density at radius 3 is 2.75 bits per heavy atom. The summed E-state index contributed by atoms with van der Waals surface area (Å²) in [6.07, 6.45) is 3.47. The van der Waals surface area contributed by atoms with E-state index in [9.17, 15) is 9.59 Å². The summed E-state index contributed by atoms with van der Waals surface area (Å²) in [6, 6.07) is 5.56. The summed E-state index contributed by atoms with van der Waals surface area (Å²) >= 11 is 1.14. The highest BCUT2D eigenvalue weighted by Gasteiger charge is 2.19. The molecule has 2 heterocycles. The van der Waals surface area contributed by atoms with Crippen molar-refractivity contribution in [1.82, 2.24) is 9.97 Å². The first-order valence-corrected chi connectivity index (χ1v) is 9.41. The van der Waals surface area contributed by atoms with Gasteiger partial charge in [-0.05, 0) is 37.6 Å². The first-order chi connectivity index (χ1) is 13.5. The number of methoxy groups -OCH3 is 2. The molecule has 0 amide bonds. The van der Waals surface area contributed by atoms with Crippen molar-refractivity contribution in [2.24, 2.45) is 0 Å². The number of carbonyl (C=O) groups is 1. The van der Waals surface area contributed by atoms with E-state index in [-0.39, 0.29) is 5.56 Å². The zero-order valence-electron chi connectivity index (χ0n) is 16.0. The van der Waals surface area contributed by atoms with Crippen LogP contribution in [0, 0.1) is 6.92 Å². The number of H-pyrrole nitrogens is 1. The highest BCUT2D eigenvalue weighted by Crippen LogP contribution is 2.32. The first kappa shape index (κ1) is 19.6. The van der Waals surface area contributed by atoms with E-state index >= 15 is 0 Å². The highest BCUT2D eigenvalue weighted by atomic mass is 32.1. The summed E-state index contributed by atoms with van der Waals surface area (Å²) in [7, 11) is 2.88. The predicted octanol–water partition coefficient (Wildman–Crippen LogP) is 3.66. The Morgan fingerprint density at radius 1 is 1.29 bits per heavy atom. The Labute approximate surface area is 165 Å². The Balaban J connectivity index is 2.03. The molecule has 0 bridgehead atoms. The second-order valence-corrected chi connectivity index (χ2v) is 6.82. The number of nitrogens with zero attached hydrogens (tertiary/aromatic N) is 1. The van der Waals surface area contributed by atoms with Crippen molar-refractivity contribution in [3.63, 3.8) is 0 Å². The largest absolute Gasteiger partial charge is 0.492 e. The molecule has 146 valence electrons. The van der Waals surface area contributed by atoms with E-state index in [1.165, 1.54) is 7.11 Å². The number of benzene rings is 1. The van der Waals surface area contributed by atoms with Gasteiger partial charge >= 0.3 is 5.97 Å². The molecule has 2 aromatic heterocycles. The lowest BCUT2D eigenvalue weighted by Crippen LogP contribution is -2.09. The minimum Gasteiger partial charge on any atom is -0.492 e. The van der Waals surface area contributed by atoms with Crippen LogP contribution >= 0.6 is 11.3 Å². The Morgan fingerprint density at radius 2 is 2.07 bits per heavy atom. The topological polar surface area (TPSA) is 90.5 Å². The molecule has 1 aromatic carbocycles. The summed E-state index contributed by atoms with van der Waals surface area (Å²) in [5.74, 6) is 1.14. The number of hydrogen-bond acceptors (Lipinski definition) is 7. The number of carbonyl (C=O) groups excluding carboxylic acids is 1. The minimum atomic E-state index is -0.477. The van der Waals surface area contributed by atoms with Gasteiger partial charge in [-0.15, -0.1) is 11.3 Å². The van der Waals surface area contributed by atoms with Crippen LogP contribution in [0.1, 0.15) is 33.5 Å². The van der Waals surface area contributed by atoms with Gasteiger partial charge in [-0.3, -0.25) is 4.79 Å². The number of aromatic amines is 1. The Kier molecular flexibility index (Phi) is 5.79. The van der Waals surface area contributed by atoms with Crippen molar-refractivity contribution in [2.75, 3.05) is 20.8 Å². The molecule has 0 atom stereocenters. The molecule has 0 fully saturated rings. The quantitative estimate of drug-likeness (QED) is 0.635. The van der Waals surface area contributed by atoms with Gasteiger partial charge in [0.05, 0.1) is 26.2 Å². The number of esters is 1. The number of para-hydroxylation sites is 1. The van der Waals surface area contributed by atoms with Crippen molar-refractivity contribution in [1.29, 1.82) is 0 Å². The summed E-state index contributed by atoms with van der Waals surface area (Å²) in [4.78, 5) is 32.4. The average molecular weight is 400 g/mol. The van der Waals surface area contributed by atoms with Crippen LogP contribution in [0.2, 0.25) is 0 Å². The molecule has 0 aliphatic rings. The maximum Gasteiger partial charge on any atom is 0.348 e. The lowest BCUT2D eigenvalue weighted by atomic mass is 10.1. The van der Waals surface area contributed by atoms with Crippen LogP contribution in [0.25, 0.3) is 22.4 Å². The lowest BCUT2D eigenvalue weighted by Gasteiger charge is -2.11. The second kappa shape index (κ2) is 8.26. The van der Waals surface area contributed by atoms with Crippen molar-refractivity contribution in [3.05, 3.63) is 50.4 Å². The molecule has 28 heavy (non-hydrogen) atoms. The molecule has 0 unspecified atom stereocenters. The number of aryl methyl sites for hydroxylation is 1. The number of nitrogens with one attached hydrogen (secondary N) is 1. The standard InChI is InChI=1S/C20H20N2O5S/c1-5-27-13-8-6-7-12(16(13)25-3)9-10-14-21-18(23)15-11(2)17(20(24)26-4)28-19(15)22-14/h6-10H,5H2,1-4H3,(H,21,22,23)/b10-9+. The monoisotopic (exact) mass is 400 g/mol. The van der Waals surface area contributed by atoms with Crippen LogP contribution in [-0.4, -0.2) is 36.8 Å². The normalized spacial score (nSPS) is 11.1. The molecule has 0 aliphatic heterocycles. The van der Waals surface area contributed by atoms with Gasteiger partial charge < -0.3 is 19.2 Å². The maximum atomic E-state index is 12.5. The van der Waals surface area contributed by atoms with Crippen molar-refractivity contribution in [2.45, 2.75) is 13.8 Å². The van der Waals surface area contributed by atoms with Gasteiger partial charge in [0, 0.05) is 5.56 Å². The molecule has 0 spiro atoms. The third-order valence-electron chi connectivity index (χ3n) is 4.12. The average Bonchev–Trinajstić information content (AvgIpc) is 3.03. The zero-order valence-corrected chi connectivity index (χ0v) is 16.8. The molecule has 8 heteroatoms. The smallest absolute Gasteiger partial charge is 0.348 e. The van der Waals surface area contributed by atoms with E-state index in [2.05, 4.69) is 9.97 Å². The zero-order chi connectivity index (χ0) is 20.3. The van der Waals surface area contributed by atoms with Gasteiger partial charge in [0.25, 0.3) is 5.56 Å². The van der Waals surface area contributed by atoms with E-state index in [1.54, 1.807) is 26.2 Å². The van der Waals surface area contributed by atoms with Crippen molar-refractivity contribution in [3.8, 4) is 11.5 Å². The van der Waals surface area contributed by atoms with E-state index < -0.39 is 5.97 Å². The van der Waals surface area contributed by atoms with E-state index in [0.29, 0.717) is 44.6 Å². The van der Waals surface area contributed by atoms with Crippen LogP contribution in [0.5, 0.6) is 11.5 Å². The molecular weight excluding hydrogens is 380 g/mol. The van der Waals surface area contributed by atoms with Crippen molar-refractivity contribution >= 4 is 39.7 Å². The first-order valence-electron chi connectivity index (χ1n) is 8.59. The highest BCUT2D eigenvalue weighted by molar-refractivity contribution is 7.20. The third kappa shape index (κ3) is 3.63. The molecule has 0 radical (unpaired) electrons. The van der Waals surface area contributed by atoms with Crippen LogP contribution in [0.15, 0.2) is 23.0 Å². The Hall–Kier alpha value is -3.13. The van der Waals surface area contributed by atoms with E-state index in [0.717, 1.165) is 16.9 Å². The summed E-state index contributed by atoms with van der Waals surface area (Å²) in [6.45, 7) is 4.13. The van der Waals surface area contributed by atoms with Crippen LogP contribution in [0.3, 0.4) is 0 Å². The number of rotatable bonds is 6. The molecule has 0 saturated heterocycles. The summed E-state index contributed by atoms with van der Waals surface area (Å²) < 4.78 is 15.8. The van der Waals surface area contributed by atoms with Gasteiger partial charge in [-0.25, -0.2) is 9.78 Å². The van der Waals surface area contributed by atoms with Crippen LogP contribution in [0.4, 0.5) is 0 Å². The molecule has 3 aromatic rings. The molecule has 7 nitrogen and oxygen atoms in total. The number of aromatic nitrogens is 2. The predicted molar refractivity (Wildman–Crippen MR) is 109 cm³/mol. The lowest BCUT2D eigenvalue weighted by molar-refractivity contribution is 0.0605. The molecule has 1 N–H and O–H groups in total. The van der Waals surface area contributed by atoms with Gasteiger partial charge in [-0.1, -0.05) is 12.1 Å². The molecule has 0 aliphatic carbocycles. The van der Waals surface area contributed by atoms with Crippen LogP contribution < -0.4 is 15.0 Å². The summed E-state index contributed by atoms with van der Waals surface area (Å²) in [5.41, 5.74) is 1.06. The molecular formula is C20H20N2O5S. The van der Waals surface area contributed by atoms with E-state index in [1.807, 2.05) is 25.1 Å². The minimum absolute atomic E-state index is 0.302. The number of thiophene rings is 1. The molecule has 0 saturated carbocycles. The van der Waals surface area contributed by atoms with Crippen molar-refractivity contribution < 1.29 is 19.0 Å². The van der Waals surface area contributed by atoms with E-state index in [4.69, 9.17) is 14.2 Å². The fourth-order valence-corrected chi connectivity index (χ4v) is 3.95. The number of fused-ring (bicyclic) bond motifs is 1. The van der Waals surface area contributed by atoms with Gasteiger partial charge in [0.2, 0.25) is 0 Å². The second-order valence-electron chi connectivity index (χ2n) is 5.82. The van der Waals surface area contributed by atoms with Gasteiger partial charge in [0.15, 0.2) is 11.5 Å². The van der Waals surface area contributed by atoms with Crippen LogP contribution in [-0.2, 0) is 4.74 Å². The maximum absolute atomic E-state index is 12.5. The Bertz CT molecular complexity index is 1110. The van der Waals surface area contributed by atoms with Gasteiger partial charge in [-0.2, -0.15) is 0 Å². The number of ether oxygens (including phenoxy) is 3. The fraction of sp³-hybridized carbons (Fsp3) is 0.250. The molecule has 3 rings (SSSR count). The number of hydrogen-bond donors (Lipinski definition) is 1. The SMILES string of the molecule is CCOc1cccc(/C=C/c2nc3sc(C(=O)OC)c(C)c3c(=O)[nH]2)c1OC. The third-order valence-corrected chi connectivity index (χ3v) is 5.29.